The average molecular weight is 357 g/mol. The van der Waals surface area contributed by atoms with E-state index in [-0.39, 0.29) is 30.4 Å². The zero-order chi connectivity index (χ0) is 16.8. The molecule has 0 atom stereocenters. The van der Waals surface area contributed by atoms with Crippen LogP contribution < -0.4 is 20.5 Å². The highest BCUT2D eigenvalue weighted by molar-refractivity contribution is 5.95. The zero-order valence-corrected chi connectivity index (χ0v) is 15.5. The van der Waals surface area contributed by atoms with E-state index in [1.807, 2.05) is 0 Å². The molecule has 0 spiro atoms. The summed E-state index contributed by atoms with van der Waals surface area (Å²) in [5, 5.41) is 3.09. The minimum absolute atomic E-state index is 0. The predicted octanol–water partition coefficient (Wildman–Crippen LogP) is 3.15. The Morgan fingerprint density at radius 2 is 1.92 bits per heavy atom. The highest BCUT2D eigenvalue weighted by atomic mass is 35.5. The molecule has 0 aliphatic heterocycles. The van der Waals surface area contributed by atoms with Crippen molar-refractivity contribution >= 4 is 18.3 Å². The molecule has 0 bridgehead atoms. The lowest BCUT2D eigenvalue weighted by atomic mass is 9.91. The van der Waals surface area contributed by atoms with Gasteiger partial charge in [0, 0.05) is 17.6 Å². The van der Waals surface area contributed by atoms with Crippen LogP contribution in [0.25, 0.3) is 0 Å². The molecule has 5 nitrogen and oxygen atoms in total. The Labute approximate surface area is 150 Å². The summed E-state index contributed by atoms with van der Waals surface area (Å²) < 4.78 is 11.1. The van der Waals surface area contributed by atoms with Gasteiger partial charge in [-0.15, -0.1) is 12.4 Å². The van der Waals surface area contributed by atoms with Crippen molar-refractivity contribution in [2.75, 3.05) is 13.7 Å². The molecule has 0 saturated heterocycles. The Hall–Kier alpha value is -1.46. The van der Waals surface area contributed by atoms with Gasteiger partial charge in [-0.2, -0.15) is 0 Å². The van der Waals surface area contributed by atoms with E-state index in [1.165, 1.54) is 0 Å². The molecule has 1 saturated carbocycles. The molecule has 1 aliphatic rings. The topological polar surface area (TPSA) is 73.6 Å². The third-order valence-corrected chi connectivity index (χ3v) is 4.11. The fourth-order valence-electron chi connectivity index (χ4n) is 2.72. The number of carbonyl (C=O) groups excluding carboxylic acids is 1. The smallest absolute Gasteiger partial charge is 0.251 e. The highest BCUT2D eigenvalue weighted by Gasteiger charge is 2.21. The van der Waals surface area contributed by atoms with Crippen molar-refractivity contribution in [3.63, 3.8) is 0 Å². The Kier molecular flexibility index (Phi) is 8.36. The third-order valence-electron chi connectivity index (χ3n) is 4.11. The van der Waals surface area contributed by atoms with Gasteiger partial charge < -0.3 is 20.5 Å². The molecule has 3 N–H and O–H groups in total. The van der Waals surface area contributed by atoms with Crippen molar-refractivity contribution in [3.05, 3.63) is 23.8 Å². The summed E-state index contributed by atoms with van der Waals surface area (Å²) in [6.07, 6.45) is 3.83. The van der Waals surface area contributed by atoms with Crippen molar-refractivity contribution < 1.29 is 14.3 Å². The van der Waals surface area contributed by atoms with Crippen molar-refractivity contribution in [3.8, 4) is 11.5 Å². The molecule has 136 valence electrons. The highest BCUT2D eigenvalue weighted by Crippen LogP contribution is 2.28. The molecule has 1 fully saturated rings. The summed E-state index contributed by atoms with van der Waals surface area (Å²) in [6, 6.07) is 5.81. The van der Waals surface area contributed by atoms with Crippen LogP contribution in [0.15, 0.2) is 18.2 Å². The van der Waals surface area contributed by atoms with E-state index in [4.69, 9.17) is 15.2 Å². The maximum absolute atomic E-state index is 12.4. The van der Waals surface area contributed by atoms with Crippen molar-refractivity contribution in [1.29, 1.82) is 0 Å². The van der Waals surface area contributed by atoms with E-state index in [9.17, 15) is 4.79 Å². The largest absolute Gasteiger partial charge is 0.493 e. The van der Waals surface area contributed by atoms with E-state index < -0.39 is 0 Å². The zero-order valence-electron chi connectivity index (χ0n) is 14.7. The number of rotatable bonds is 6. The lowest BCUT2D eigenvalue weighted by Gasteiger charge is -2.26. The van der Waals surface area contributed by atoms with E-state index in [0.717, 1.165) is 25.7 Å². The molecule has 1 aromatic carbocycles. The molecule has 1 aromatic rings. The van der Waals surface area contributed by atoms with Crippen LogP contribution >= 0.6 is 12.4 Å². The van der Waals surface area contributed by atoms with Crippen LogP contribution in [0.1, 0.15) is 49.9 Å². The van der Waals surface area contributed by atoms with Gasteiger partial charge in [-0.25, -0.2) is 0 Å². The molecular formula is C18H29ClN2O3. The normalized spacial score (nSPS) is 20.2. The number of benzene rings is 1. The monoisotopic (exact) mass is 356 g/mol. The van der Waals surface area contributed by atoms with Crippen LogP contribution in [-0.2, 0) is 0 Å². The van der Waals surface area contributed by atoms with Crippen LogP contribution in [0, 0.1) is 5.92 Å². The fourth-order valence-corrected chi connectivity index (χ4v) is 2.72. The quantitative estimate of drug-likeness (QED) is 0.821. The van der Waals surface area contributed by atoms with Crippen LogP contribution in [-0.4, -0.2) is 31.7 Å². The summed E-state index contributed by atoms with van der Waals surface area (Å²) in [6.45, 7) is 4.79. The Morgan fingerprint density at radius 3 is 2.50 bits per heavy atom. The van der Waals surface area contributed by atoms with Crippen LogP contribution in [0.5, 0.6) is 11.5 Å². The molecule has 1 amide bonds. The van der Waals surface area contributed by atoms with Gasteiger partial charge in [0.25, 0.3) is 5.91 Å². The van der Waals surface area contributed by atoms with Crippen molar-refractivity contribution in [1.82, 2.24) is 5.32 Å². The first-order valence-electron chi connectivity index (χ1n) is 8.37. The van der Waals surface area contributed by atoms with Gasteiger partial charge in [-0.3, -0.25) is 4.79 Å². The first kappa shape index (κ1) is 20.6. The standard InChI is InChI=1S/C18H28N2O3.ClH/c1-12(2)11-23-16-9-4-13(10-17(16)22-3)18(21)20-15-7-5-14(19)6-8-15;/h4,9-10,12,14-15H,5-8,11,19H2,1-3H3,(H,20,21);1H. The Morgan fingerprint density at radius 1 is 1.25 bits per heavy atom. The van der Waals surface area contributed by atoms with Gasteiger partial charge in [0.1, 0.15) is 0 Å². The molecule has 6 heteroatoms. The summed E-state index contributed by atoms with van der Waals surface area (Å²) in [7, 11) is 1.59. The number of nitrogens with two attached hydrogens (primary N) is 1. The van der Waals surface area contributed by atoms with E-state index in [1.54, 1.807) is 25.3 Å². The van der Waals surface area contributed by atoms with Crippen LogP contribution in [0.4, 0.5) is 0 Å². The molecule has 0 radical (unpaired) electrons. The van der Waals surface area contributed by atoms with E-state index in [0.29, 0.717) is 29.6 Å². The SMILES string of the molecule is COc1cc(C(=O)NC2CCC(N)CC2)ccc1OCC(C)C.Cl. The first-order valence-corrected chi connectivity index (χ1v) is 8.37. The molecule has 2 rings (SSSR count). The number of hydrogen-bond donors (Lipinski definition) is 2. The van der Waals surface area contributed by atoms with Crippen molar-refractivity contribution in [2.45, 2.75) is 51.6 Å². The lowest BCUT2D eigenvalue weighted by molar-refractivity contribution is 0.0925. The number of ether oxygens (including phenoxy) is 2. The maximum atomic E-state index is 12.4. The number of nitrogens with one attached hydrogen (secondary N) is 1. The second-order valence-corrected chi connectivity index (χ2v) is 6.66. The minimum atomic E-state index is -0.0702. The van der Waals surface area contributed by atoms with E-state index >= 15 is 0 Å². The summed E-state index contributed by atoms with van der Waals surface area (Å²) in [5.41, 5.74) is 6.49. The Balaban J connectivity index is 0.00000288. The molecule has 0 unspecified atom stereocenters. The molecule has 0 aromatic heterocycles. The summed E-state index contributed by atoms with van der Waals surface area (Å²) >= 11 is 0. The number of amides is 1. The number of carbonyl (C=O) groups is 1. The minimum Gasteiger partial charge on any atom is -0.493 e. The van der Waals surface area contributed by atoms with Crippen molar-refractivity contribution in [2.24, 2.45) is 11.7 Å². The summed E-state index contributed by atoms with van der Waals surface area (Å²) in [5.74, 6) is 1.62. The average Bonchev–Trinajstić information content (AvgIpc) is 2.54. The van der Waals surface area contributed by atoms with Gasteiger partial charge >= 0.3 is 0 Å². The predicted molar refractivity (Wildman–Crippen MR) is 98.3 cm³/mol. The molecule has 1 aliphatic carbocycles. The Bertz CT molecular complexity index is 529. The number of halogens is 1. The van der Waals surface area contributed by atoms with Gasteiger partial charge in [0.05, 0.1) is 13.7 Å². The first-order chi connectivity index (χ1) is 11.0. The second kappa shape index (κ2) is 9.74. The van der Waals surface area contributed by atoms with Crippen LogP contribution in [0.3, 0.4) is 0 Å². The maximum Gasteiger partial charge on any atom is 0.251 e. The molecule has 0 heterocycles. The van der Waals surface area contributed by atoms with Gasteiger partial charge in [-0.05, 0) is 49.8 Å². The third kappa shape index (κ3) is 5.87. The number of methoxy groups -OCH3 is 1. The molecule has 24 heavy (non-hydrogen) atoms. The van der Waals surface area contributed by atoms with Gasteiger partial charge in [0.2, 0.25) is 0 Å². The lowest BCUT2D eigenvalue weighted by Crippen LogP contribution is -2.40. The van der Waals surface area contributed by atoms with Crippen LogP contribution in [0.2, 0.25) is 0 Å². The molecular weight excluding hydrogens is 328 g/mol. The number of hydrogen-bond acceptors (Lipinski definition) is 4. The van der Waals surface area contributed by atoms with E-state index in [2.05, 4.69) is 19.2 Å². The van der Waals surface area contributed by atoms with Gasteiger partial charge in [-0.1, -0.05) is 13.8 Å². The van der Waals surface area contributed by atoms with Gasteiger partial charge in [0.15, 0.2) is 11.5 Å². The summed E-state index contributed by atoms with van der Waals surface area (Å²) in [4.78, 5) is 12.4. The second-order valence-electron chi connectivity index (χ2n) is 6.66. The fraction of sp³-hybridized carbons (Fsp3) is 0.611.